The summed E-state index contributed by atoms with van der Waals surface area (Å²) in [5.41, 5.74) is -1.01. The minimum Gasteiger partial charge on any atom is -0.480 e. The molecule has 0 aliphatic carbocycles. The van der Waals surface area contributed by atoms with Crippen LogP contribution in [0.2, 0.25) is 0 Å². The highest BCUT2D eigenvalue weighted by Crippen LogP contribution is 2.16. The summed E-state index contributed by atoms with van der Waals surface area (Å²) >= 11 is 0. The molecule has 0 aliphatic heterocycles. The van der Waals surface area contributed by atoms with E-state index >= 15 is 0 Å². The molecule has 100 valence electrons. The quantitative estimate of drug-likeness (QED) is 0.823. The second-order valence-electron chi connectivity index (χ2n) is 4.45. The molecule has 0 fully saturated rings. The number of hydrogen-bond donors (Lipinski definition) is 2. The van der Waals surface area contributed by atoms with E-state index in [0.29, 0.717) is 12.8 Å². The van der Waals surface area contributed by atoms with Crippen molar-refractivity contribution < 1.29 is 18.7 Å². The molecule has 0 spiro atoms. The Kier molecular flexibility index (Phi) is 4.78. The van der Waals surface area contributed by atoms with Gasteiger partial charge in [0, 0.05) is 12.1 Å². The smallest absolute Gasteiger partial charge is 0.323 e. The molecule has 0 bridgehead atoms. The Morgan fingerprint density at radius 2 is 2.11 bits per heavy atom. The first-order chi connectivity index (χ1) is 8.40. The molecule has 1 aromatic carbocycles. The van der Waals surface area contributed by atoms with Crippen molar-refractivity contribution in [2.24, 2.45) is 0 Å². The van der Waals surface area contributed by atoms with E-state index in [1.54, 1.807) is 0 Å². The van der Waals surface area contributed by atoms with Crippen LogP contribution in [-0.4, -0.2) is 16.6 Å². The molecule has 0 radical (unpaired) electrons. The number of aliphatic carboxylic acids is 1. The molecule has 1 atom stereocenters. The van der Waals surface area contributed by atoms with Gasteiger partial charge >= 0.3 is 5.97 Å². The summed E-state index contributed by atoms with van der Waals surface area (Å²) in [6, 6.07) is 3.86. The minimum absolute atomic E-state index is 0.0214. The lowest BCUT2D eigenvalue weighted by Gasteiger charge is -2.26. The summed E-state index contributed by atoms with van der Waals surface area (Å²) in [6.07, 6.45) is 1.10. The third-order valence-electron chi connectivity index (χ3n) is 2.92. The molecule has 3 nitrogen and oxygen atoms in total. The second-order valence-corrected chi connectivity index (χ2v) is 4.45. The van der Waals surface area contributed by atoms with Crippen molar-refractivity contribution >= 4 is 5.97 Å². The van der Waals surface area contributed by atoms with Gasteiger partial charge in [-0.05, 0) is 19.4 Å². The van der Waals surface area contributed by atoms with Crippen molar-refractivity contribution in [3.05, 3.63) is 35.4 Å². The van der Waals surface area contributed by atoms with Crippen LogP contribution in [0, 0.1) is 11.6 Å². The maximum Gasteiger partial charge on any atom is 0.323 e. The zero-order valence-electron chi connectivity index (χ0n) is 10.5. The van der Waals surface area contributed by atoms with E-state index in [4.69, 9.17) is 5.11 Å². The van der Waals surface area contributed by atoms with Crippen molar-refractivity contribution in [2.75, 3.05) is 0 Å². The Bertz CT molecular complexity index is 437. The molecular weight excluding hydrogens is 240 g/mol. The number of nitrogens with one attached hydrogen (secondary N) is 1. The lowest BCUT2D eigenvalue weighted by atomic mass is 9.96. The number of benzene rings is 1. The summed E-state index contributed by atoms with van der Waals surface area (Å²) in [5, 5.41) is 11.9. The Hall–Kier alpha value is -1.49. The lowest BCUT2D eigenvalue weighted by Crippen LogP contribution is -2.49. The summed E-state index contributed by atoms with van der Waals surface area (Å²) in [4.78, 5) is 11.2. The van der Waals surface area contributed by atoms with Crippen LogP contribution in [0.3, 0.4) is 0 Å². The Labute approximate surface area is 105 Å². The molecule has 0 heterocycles. The number of rotatable bonds is 6. The lowest BCUT2D eigenvalue weighted by molar-refractivity contribution is -0.144. The van der Waals surface area contributed by atoms with Crippen molar-refractivity contribution in [1.82, 2.24) is 5.32 Å². The number of carbonyl (C=O) groups is 1. The molecule has 1 aromatic rings. The molecule has 2 N–H and O–H groups in total. The van der Waals surface area contributed by atoms with Crippen LogP contribution in [0.1, 0.15) is 32.3 Å². The third kappa shape index (κ3) is 3.26. The highest BCUT2D eigenvalue weighted by molar-refractivity contribution is 5.78. The van der Waals surface area contributed by atoms with Crippen molar-refractivity contribution in [3.63, 3.8) is 0 Å². The summed E-state index contributed by atoms with van der Waals surface area (Å²) < 4.78 is 26.4. The van der Waals surface area contributed by atoms with Gasteiger partial charge in [0.25, 0.3) is 0 Å². The van der Waals surface area contributed by atoms with Crippen LogP contribution < -0.4 is 5.32 Å². The molecule has 1 unspecified atom stereocenters. The molecule has 18 heavy (non-hydrogen) atoms. The second kappa shape index (κ2) is 5.91. The van der Waals surface area contributed by atoms with E-state index in [1.807, 2.05) is 6.92 Å². The topological polar surface area (TPSA) is 49.3 Å². The molecular formula is C13H17F2NO2. The Morgan fingerprint density at radius 1 is 1.44 bits per heavy atom. The number of hydrogen-bond acceptors (Lipinski definition) is 2. The summed E-state index contributed by atoms with van der Waals surface area (Å²) in [6.45, 7) is 3.38. The van der Waals surface area contributed by atoms with Gasteiger partial charge in [0.05, 0.1) is 0 Å². The van der Waals surface area contributed by atoms with Crippen molar-refractivity contribution in [3.8, 4) is 0 Å². The van der Waals surface area contributed by atoms with Crippen LogP contribution in [0.4, 0.5) is 8.78 Å². The van der Waals surface area contributed by atoms with Crippen LogP contribution in [0.15, 0.2) is 18.2 Å². The molecule has 1 rings (SSSR count). The van der Waals surface area contributed by atoms with Crippen LogP contribution >= 0.6 is 0 Å². The van der Waals surface area contributed by atoms with Crippen molar-refractivity contribution in [1.29, 1.82) is 0 Å². The van der Waals surface area contributed by atoms with Gasteiger partial charge in [0.1, 0.15) is 5.54 Å². The van der Waals surface area contributed by atoms with E-state index in [0.717, 1.165) is 6.07 Å². The van der Waals surface area contributed by atoms with E-state index in [-0.39, 0.29) is 12.1 Å². The summed E-state index contributed by atoms with van der Waals surface area (Å²) in [5.74, 6) is -2.86. The maximum absolute atomic E-state index is 13.4. The zero-order valence-corrected chi connectivity index (χ0v) is 10.5. The molecule has 0 amide bonds. The monoisotopic (exact) mass is 257 g/mol. The number of halogens is 2. The minimum atomic E-state index is -1.13. The van der Waals surface area contributed by atoms with Gasteiger partial charge < -0.3 is 5.11 Å². The standard InChI is InChI=1S/C13H17F2NO2/c1-3-7-13(2,12(17)18)16-8-9-5-4-6-10(14)11(9)15/h4-6,16H,3,7-8H2,1-2H3,(H,17,18). The van der Waals surface area contributed by atoms with Gasteiger partial charge in [0.15, 0.2) is 11.6 Å². The molecule has 0 aromatic heterocycles. The van der Waals surface area contributed by atoms with E-state index in [1.165, 1.54) is 19.1 Å². The average Bonchev–Trinajstić information content (AvgIpc) is 2.31. The Morgan fingerprint density at radius 3 is 2.67 bits per heavy atom. The molecule has 0 aliphatic rings. The van der Waals surface area contributed by atoms with E-state index < -0.39 is 23.1 Å². The van der Waals surface area contributed by atoms with E-state index in [2.05, 4.69) is 5.32 Å². The average molecular weight is 257 g/mol. The first kappa shape index (κ1) is 14.6. The molecule has 0 saturated heterocycles. The first-order valence-corrected chi connectivity index (χ1v) is 5.82. The van der Waals surface area contributed by atoms with Gasteiger partial charge in [-0.2, -0.15) is 0 Å². The van der Waals surface area contributed by atoms with E-state index in [9.17, 15) is 13.6 Å². The third-order valence-corrected chi connectivity index (χ3v) is 2.92. The highest BCUT2D eigenvalue weighted by Gasteiger charge is 2.31. The van der Waals surface area contributed by atoms with Crippen LogP contribution in [0.5, 0.6) is 0 Å². The van der Waals surface area contributed by atoms with Crippen LogP contribution in [-0.2, 0) is 11.3 Å². The normalized spacial score (nSPS) is 14.2. The highest BCUT2D eigenvalue weighted by atomic mass is 19.2. The Balaban J connectivity index is 2.79. The van der Waals surface area contributed by atoms with Gasteiger partial charge in [-0.25, -0.2) is 8.78 Å². The number of carboxylic acid groups (broad SMARTS) is 1. The fourth-order valence-electron chi connectivity index (χ4n) is 1.75. The van der Waals surface area contributed by atoms with Crippen molar-refractivity contribution in [2.45, 2.75) is 38.8 Å². The fraction of sp³-hybridized carbons (Fsp3) is 0.462. The van der Waals surface area contributed by atoms with Gasteiger partial charge in [-0.15, -0.1) is 0 Å². The summed E-state index contributed by atoms with van der Waals surface area (Å²) in [7, 11) is 0. The predicted octanol–water partition coefficient (Wildman–Crippen LogP) is 2.70. The van der Waals surface area contributed by atoms with Gasteiger partial charge in [-0.1, -0.05) is 25.5 Å². The molecule has 0 saturated carbocycles. The molecule has 5 heteroatoms. The predicted molar refractivity (Wildman–Crippen MR) is 64.1 cm³/mol. The van der Waals surface area contributed by atoms with Gasteiger partial charge in [0.2, 0.25) is 0 Å². The van der Waals surface area contributed by atoms with Crippen LogP contribution in [0.25, 0.3) is 0 Å². The number of carboxylic acids is 1. The first-order valence-electron chi connectivity index (χ1n) is 5.82. The van der Waals surface area contributed by atoms with Gasteiger partial charge in [-0.3, -0.25) is 10.1 Å². The fourth-order valence-corrected chi connectivity index (χ4v) is 1.75. The SMILES string of the molecule is CCCC(C)(NCc1cccc(F)c1F)C(=O)O. The maximum atomic E-state index is 13.4. The zero-order chi connectivity index (χ0) is 13.8. The largest absolute Gasteiger partial charge is 0.480 e.